The van der Waals surface area contributed by atoms with E-state index in [2.05, 4.69) is 16.7 Å². The molecule has 0 aliphatic carbocycles. The molecule has 1 amide bonds. The van der Waals surface area contributed by atoms with Gasteiger partial charge in [-0.25, -0.2) is 0 Å². The van der Waals surface area contributed by atoms with Crippen LogP contribution in [0.5, 0.6) is 0 Å². The Balaban J connectivity index is 2.42. The highest BCUT2D eigenvalue weighted by molar-refractivity contribution is 5.92. The van der Waals surface area contributed by atoms with Gasteiger partial charge in [0, 0.05) is 0 Å². The molecule has 1 rings (SSSR count). The van der Waals surface area contributed by atoms with Gasteiger partial charge in [0.05, 0.1) is 6.04 Å². The Morgan fingerprint density at radius 2 is 2.08 bits per heavy atom. The molecule has 0 saturated carbocycles. The fourth-order valence-electron chi connectivity index (χ4n) is 1.40. The monoisotopic (exact) mass is 166 g/mol. The van der Waals surface area contributed by atoms with Crippen LogP contribution in [0.2, 0.25) is 0 Å². The molecule has 66 valence electrons. The molecule has 3 nitrogen and oxygen atoms in total. The molecule has 12 heavy (non-hydrogen) atoms. The van der Waals surface area contributed by atoms with E-state index in [9.17, 15) is 4.79 Å². The molecule has 1 aliphatic rings. The molecule has 1 fully saturated rings. The zero-order chi connectivity index (χ0) is 8.97. The topological polar surface area (TPSA) is 46.3 Å². The van der Waals surface area contributed by atoms with E-state index in [1.54, 1.807) is 0 Å². The average Bonchev–Trinajstić information content (AvgIpc) is 2.51. The normalized spacial score (nSPS) is 19.8. The molecule has 1 saturated heterocycles. The van der Waals surface area contributed by atoms with E-state index in [4.69, 9.17) is 5.73 Å². The summed E-state index contributed by atoms with van der Waals surface area (Å²) in [4.78, 5) is 12.6. The number of hydrogen-bond acceptors (Lipinski definition) is 2. The summed E-state index contributed by atoms with van der Waals surface area (Å²) in [6.07, 6.45) is 2.48. The van der Waals surface area contributed by atoms with E-state index < -0.39 is 5.91 Å². The van der Waals surface area contributed by atoms with Crippen molar-refractivity contribution in [1.29, 1.82) is 0 Å². The quantitative estimate of drug-likeness (QED) is 0.555. The van der Waals surface area contributed by atoms with Crippen molar-refractivity contribution in [2.45, 2.75) is 25.8 Å². The van der Waals surface area contributed by atoms with Crippen LogP contribution < -0.4 is 5.73 Å². The lowest BCUT2D eigenvalue weighted by Crippen LogP contribution is -2.28. The van der Waals surface area contributed by atoms with Gasteiger partial charge in [-0.3, -0.25) is 9.69 Å². The van der Waals surface area contributed by atoms with Gasteiger partial charge in [-0.2, -0.15) is 0 Å². The molecule has 1 atom stereocenters. The van der Waals surface area contributed by atoms with E-state index in [-0.39, 0.29) is 6.04 Å². The van der Waals surface area contributed by atoms with Crippen LogP contribution in [0.15, 0.2) is 0 Å². The molecule has 0 spiro atoms. The highest BCUT2D eigenvalue weighted by atomic mass is 16.1. The van der Waals surface area contributed by atoms with Crippen molar-refractivity contribution in [3.8, 4) is 11.8 Å². The minimum absolute atomic E-state index is 0.167. The van der Waals surface area contributed by atoms with Gasteiger partial charge in [-0.1, -0.05) is 5.92 Å². The first kappa shape index (κ1) is 9.08. The van der Waals surface area contributed by atoms with Gasteiger partial charge in [0.2, 0.25) is 0 Å². The summed E-state index contributed by atoms with van der Waals surface area (Å²) in [6, 6.07) is 0.167. The maximum absolute atomic E-state index is 10.3. The molecule has 0 aromatic rings. The van der Waals surface area contributed by atoms with Gasteiger partial charge in [0.25, 0.3) is 5.91 Å². The largest absolute Gasteiger partial charge is 0.359 e. The molecule has 1 aliphatic heterocycles. The number of carbonyl (C=O) groups excluding carboxylic acids is 1. The summed E-state index contributed by atoms with van der Waals surface area (Å²) in [5.74, 6) is 4.65. The van der Waals surface area contributed by atoms with Crippen LogP contribution in [0.1, 0.15) is 19.8 Å². The van der Waals surface area contributed by atoms with Gasteiger partial charge < -0.3 is 5.73 Å². The average molecular weight is 166 g/mol. The second-order valence-electron chi connectivity index (χ2n) is 3.05. The van der Waals surface area contributed by atoms with Gasteiger partial charge in [-0.15, -0.1) is 0 Å². The third kappa shape index (κ3) is 2.55. The summed E-state index contributed by atoms with van der Waals surface area (Å²) in [7, 11) is 0. The van der Waals surface area contributed by atoms with Crippen LogP contribution in [0.3, 0.4) is 0 Å². The van der Waals surface area contributed by atoms with Crippen molar-refractivity contribution >= 4 is 5.91 Å². The molecule has 1 heterocycles. The highest BCUT2D eigenvalue weighted by Crippen LogP contribution is 2.10. The first-order chi connectivity index (χ1) is 5.70. The number of primary amides is 1. The maximum atomic E-state index is 10.3. The van der Waals surface area contributed by atoms with Crippen molar-refractivity contribution < 1.29 is 4.79 Å². The van der Waals surface area contributed by atoms with Crippen LogP contribution in [0.4, 0.5) is 0 Å². The molecular weight excluding hydrogens is 152 g/mol. The second-order valence-corrected chi connectivity index (χ2v) is 3.05. The molecule has 0 aromatic heterocycles. The first-order valence-corrected chi connectivity index (χ1v) is 4.25. The van der Waals surface area contributed by atoms with E-state index in [0.717, 1.165) is 13.1 Å². The third-order valence-corrected chi connectivity index (χ3v) is 2.09. The number of nitrogens with two attached hydrogens (primary N) is 1. The Morgan fingerprint density at radius 1 is 1.50 bits per heavy atom. The molecule has 0 bridgehead atoms. The SMILES string of the molecule is CC(C#CC(N)=O)N1CCCC1. The summed E-state index contributed by atoms with van der Waals surface area (Å²) >= 11 is 0. The van der Waals surface area contributed by atoms with Gasteiger partial charge >= 0.3 is 0 Å². The second kappa shape index (κ2) is 4.13. The van der Waals surface area contributed by atoms with Gasteiger partial charge in [0.15, 0.2) is 0 Å². The lowest BCUT2D eigenvalue weighted by Gasteiger charge is -2.17. The van der Waals surface area contributed by atoms with Crippen molar-refractivity contribution in [1.82, 2.24) is 4.90 Å². The number of hydrogen-bond donors (Lipinski definition) is 1. The summed E-state index contributed by atoms with van der Waals surface area (Å²) in [5.41, 5.74) is 4.91. The zero-order valence-electron chi connectivity index (χ0n) is 7.34. The van der Waals surface area contributed by atoms with E-state index in [0.29, 0.717) is 0 Å². The van der Waals surface area contributed by atoms with Crippen molar-refractivity contribution in [3.63, 3.8) is 0 Å². The number of nitrogens with zero attached hydrogens (tertiary/aromatic N) is 1. The fraction of sp³-hybridized carbons (Fsp3) is 0.667. The summed E-state index contributed by atoms with van der Waals surface area (Å²) < 4.78 is 0. The zero-order valence-corrected chi connectivity index (χ0v) is 7.34. The van der Waals surface area contributed by atoms with Gasteiger partial charge in [0.1, 0.15) is 0 Å². The third-order valence-electron chi connectivity index (χ3n) is 2.09. The van der Waals surface area contributed by atoms with Crippen molar-refractivity contribution in [2.24, 2.45) is 5.73 Å². The minimum atomic E-state index is -0.541. The number of amides is 1. The van der Waals surface area contributed by atoms with Crippen molar-refractivity contribution in [3.05, 3.63) is 0 Å². The lowest BCUT2D eigenvalue weighted by atomic mass is 10.3. The van der Waals surface area contributed by atoms with Gasteiger partial charge in [-0.05, 0) is 38.8 Å². The number of rotatable bonds is 1. The van der Waals surface area contributed by atoms with Crippen LogP contribution in [0, 0.1) is 11.8 Å². The standard InChI is InChI=1S/C9H14N2O/c1-8(4-5-9(10)12)11-6-2-3-7-11/h8H,2-3,6-7H2,1H3,(H2,10,12). The Kier molecular flexibility index (Phi) is 3.12. The summed E-state index contributed by atoms with van der Waals surface area (Å²) in [5, 5.41) is 0. The lowest BCUT2D eigenvalue weighted by molar-refractivity contribution is -0.112. The predicted octanol–water partition coefficient (Wildman–Crippen LogP) is -0.0406. The predicted molar refractivity (Wildman–Crippen MR) is 47.2 cm³/mol. The highest BCUT2D eigenvalue weighted by Gasteiger charge is 2.15. The van der Waals surface area contributed by atoms with Crippen LogP contribution in [-0.2, 0) is 4.79 Å². The minimum Gasteiger partial charge on any atom is -0.359 e. The molecule has 0 radical (unpaired) electrons. The smallest absolute Gasteiger partial charge is 0.293 e. The Morgan fingerprint density at radius 3 is 2.58 bits per heavy atom. The molecular formula is C9H14N2O. The first-order valence-electron chi connectivity index (χ1n) is 4.25. The molecule has 1 unspecified atom stereocenters. The Hall–Kier alpha value is -1.01. The van der Waals surface area contributed by atoms with Crippen LogP contribution in [-0.4, -0.2) is 29.9 Å². The fourth-order valence-corrected chi connectivity index (χ4v) is 1.40. The summed E-state index contributed by atoms with van der Waals surface area (Å²) in [6.45, 7) is 4.18. The molecule has 3 heteroatoms. The molecule has 2 N–H and O–H groups in total. The van der Waals surface area contributed by atoms with Crippen LogP contribution in [0.25, 0.3) is 0 Å². The van der Waals surface area contributed by atoms with E-state index in [1.807, 2.05) is 6.92 Å². The number of carbonyl (C=O) groups is 1. The van der Waals surface area contributed by atoms with E-state index in [1.165, 1.54) is 12.8 Å². The Labute approximate surface area is 72.9 Å². The Bertz CT molecular complexity index is 220. The van der Waals surface area contributed by atoms with E-state index >= 15 is 0 Å². The maximum Gasteiger partial charge on any atom is 0.293 e. The molecule has 0 aromatic carbocycles. The number of likely N-dealkylation sites (tertiary alicyclic amines) is 1. The van der Waals surface area contributed by atoms with Crippen molar-refractivity contribution in [2.75, 3.05) is 13.1 Å². The van der Waals surface area contributed by atoms with Crippen LogP contribution >= 0.6 is 0 Å².